The number of hydrogen-bond acceptors (Lipinski definition) is 2. The number of aliphatic hydroxyl groups excluding tert-OH is 1. The number of amides is 1. The quantitative estimate of drug-likeness (QED) is 0.915. The van der Waals surface area contributed by atoms with Gasteiger partial charge in [0.2, 0.25) is 5.91 Å². The molecule has 1 N–H and O–H groups in total. The van der Waals surface area contributed by atoms with Crippen molar-refractivity contribution in [1.82, 2.24) is 9.47 Å². The first kappa shape index (κ1) is 17.0. The van der Waals surface area contributed by atoms with Crippen molar-refractivity contribution in [2.45, 2.75) is 45.6 Å². The van der Waals surface area contributed by atoms with Crippen LogP contribution in [0, 0.1) is 5.82 Å². The molecule has 1 heterocycles. The molecule has 5 heteroatoms. The summed E-state index contributed by atoms with van der Waals surface area (Å²) < 4.78 is 15.9. The molecule has 130 valence electrons. The van der Waals surface area contributed by atoms with Crippen LogP contribution in [0.3, 0.4) is 0 Å². The smallest absolute Gasteiger partial charge is 0.230 e. The van der Waals surface area contributed by atoms with E-state index in [0.717, 1.165) is 41.4 Å². The van der Waals surface area contributed by atoms with Crippen LogP contribution in [0.25, 0.3) is 10.9 Å². The van der Waals surface area contributed by atoms with Crippen molar-refractivity contribution >= 4 is 16.8 Å². The number of aromatic nitrogens is 1. The van der Waals surface area contributed by atoms with Crippen LogP contribution in [0.4, 0.5) is 4.39 Å². The summed E-state index contributed by atoms with van der Waals surface area (Å²) >= 11 is 0. The fourth-order valence-electron chi connectivity index (χ4n) is 4.04. The fourth-order valence-corrected chi connectivity index (χ4v) is 4.04. The Bertz CT molecular complexity index is 749. The molecule has 0 saturated heterocycles. The van der Waals surface area contributed by atoms with E-state index in [2.05, 4.69) is 4.57 Å². The van der Waals surface area contributed by atoms with Crippen LogP contribution in [-0.2, 0) is 17.8 Å². The van der Waals surface area contributed by atoms with E-state index < -0.39 is 0 Å². The predicted octanol–water partition coefficient (Wildman–Crippen LogP) is 3.06. The number of carbonyl (C=O) groups is 1. The summed E-state index contributed by atoms with van der Waals surface area (Å²) in [5, 5.41) is 10.2. The molecule has 1 aromatic carbocycles. The first-order chi connectivity index (χ1) is 11.6. The minimum Gasteiger partial charge on any atom is -0.395 e. The number of aliphatic hydroxyl groups is 1. The summed E-state index contributed by atoms with van der Waals surface area (Å²) in [5.74, 6) is -0.364. The highest BCUT2D eigenvalue weighted by molar-refractivity contribution is 5.94. The van der Waals surface area contributed by atoms with Crippen molar-refractivity contribution in [3.8, 4) is 0 Å². The van der Waals surface area contributed by atoms with E-state index in [1.807, 2.05) is 18.7 Å². The molecule has 0 aliphatic heterocycles. The number of carbonyl (C=O) groups excluding carboxylic acids is 1. The molecule has 3 rings (SSSR count). The Balaban J connectivity index is 2.18. The lowest BCUT2D eigenvalue weighted by molar-refractivity contribution is -0.132. The average Bonchev–Trinajstić information content (AvgIpc) is 2.90. The van der Waals surface area contributed by atoms with Gasteiger partial charge < -0.3 is 14.6 Å². The average molecular weight is 332 g/mol. The Morgan fingerprint density at radius 2 is 2.12 bits per heavy atom. The molecule has 0 saturated carbocycles. The van der Waals surface area contributed by atoms with Gasteiger partial charge in [-0.05, 0) is 56.9 Å². The molecule has 0 spiro atoms. The van der Waals surface area contributed by atoms with Gasteiger partial charge in [0.15, 0.2) is 0 Å². The van der Waals surface area contributed by atoms with Crippen LogP contribution >= 0.6 is 0 Å². The van der Waals surface area contributed by atoms with Crippen LogP contribution in [0.1, 0.15) is 43.9 Å². The van der Waals surface area contributed by atoms with Crippen LogP contribution in [0.15, 0.2) is 18.2 Å². The highest BCUT2D eigenvalue weighted by atomic mass is 19.1. The molecule has 4 nitrogen and oxygen atoms in total. The molecular weight excluding hydrogens is 307 g/mol. The minimum atomic E-state index is -0.286. The Hall–Kier alpha value is -1.88. The maximum Gasteiger partial charge on any atom is 0.230 e. The third-order valence-electron chi connectivity index (χ3n) is 5.13. The molecule has 24 heavy (non-hydrogen) atoms. The molecule has 1 aliphatic rings. The minimum absolute atomic E-state index is 0.0300. The van der Waals surface area contributed by atoms with Gasteiger partial charge in [0.25, 0.3) is 0 Å². The van der Waals surface area contributed by atoms with Crippen LogP contribution in [0.2, 0.25) is 0 Å². The predicted molar refractivity (Wildman–Crippen MR) is 92.6 cm³/mol. The lowest BCUT2D eigenvalue weighted by atomic mass is 9.84. The van der Waals surface area contributed by atoms with Gasteiger partial charge in [-0.2, -0.15) is 0 Å². The zero-order valence-electron chi connectivity index (χ0n) is 14.4. The molecule has 1 unspecified atom stereocenters. The van der Waals surface area contributed by atoms with E-state index in [1.165, 1.54) is 12.1 Å². The standard InChI is InChI=1S/C19H25FN2O2/c1-3-21(4-2)19(24)14-6-5-7-17-18(14)15-12-13(20)8-9-16(15)22(17)10-11-23/h8-9,12,14,23H,3-7,10-11H2,1-2H3. The monoisotopic (exact) mass is 332 g/mol. The molecule has 2 aromatic rings. The second-order valence-electron chi connectivity index (χ2n) is 6.35. The summed E-state index contributed by atoms with van der Waals surface area (Å²) in [6.45, 7) is 5.85. The first-order valence-corrected chi connectivity index (χ1v) is 8.82. The topological polar surface area (TPSA) is 45.5 Å². The van der Waals surface area contributed by atoms with Gasteiger partial charge in [-0.1, -0.05) is 0 Å². The van der Waals surface area contributed by atoms with E-state index in [9.17, 15) is 14.3 Å². The number of halogens is 1. The molecular formula is C19H25FN2O2. The van der Waals surface area contributed by atoms with E-state index in [1.54, 1.807) is 6.07 Å². The lowest BCUT2D eigenvalue weighted by Crippen LogP contribution is -2.36. The van der Waals surface area contributed by atoms with Gasteiger partial charge in [-0.25, -0.2) is 4.39 Å². The van der Waals surface area contributed by atoms with E-state index in [0.29, 0.717) is 19.6 Å². The Kier molecular flexibility index (Phi) is 4.90. The summed E-state index contributed by atoms with van der Waals surface area (Å²) in [6, 6.07) is 4.75. The van der Waals surface area contributed by atoms with Crippen LogP contribution < -0.4 is 0 Å². The number of benzene rings is 1. The SMILES string of the molecule is CCN(CC)C(=O)C1CCCc2c1c1cc(F)ccc1n2CCO. The van der Waals surface area contributed by atoms with Crippen molar-refractivity contribution < 1.29 is 14.3 Å². The molecule has 0 radical (unpaired) electrons. The van der Waals surface area contributed by atoms with Crippen molar-refractivity contribution in [3.63, 3.8) is 0 Å². The zero-order valence-corrected chi connectivity index (χ0v) is 14.4. The number of rotatable bonds is 5. The normalized spacial score (nSPS) is 17.1. The van der Waals surface area contributed by atoms with Gasteiger partial charge in [0.1, 0.15) is 5.82 Å². The summed E-state index contributed by atoms with van der Waals surface area (Å²) in [6.07, 6.45) is 2.61. The van der Waals surface area contributed by atoms with Gasteiger partial charge in [-0.15, -0.1) is 0 Å². The largest absolute Gasteiger partial charge is 0.395 e. The molecule has 1 aliphatic carbocycles. The van der Waals surface area contributed by atoms with Gasteiger partial charge in [0.05, 0.1) is 12.5 Å². The second kappa shape index (κ2) is 6.93. The first-order valence-electron chi connectivity index (χ1n) is 8.82. The Morgan fingerprint density at radius 1 is 1.38 bits per heavy atom. The number of nitrogens with zero attached hydrogens (tertiary/aromatic N) is 2. The molecule has 0 bridgehead atoms. The summed E-state index contributed by atoms with van der Waals surface area (Å²) in [7, 11) is 0. The lowest BCUT2D eigenvalue weighted by Gasteiger charge is -2.29. The van der Waals surface area contributed by atoms with Crippen molar-refractivity contribution in [3.05, 3.63) is 35.3 Å². The van der Waals surface area contributed by atoms with E-state index in [-0.39, 0.29) is 24.2 Å². The molecule has 0 fully saturated rings. The fraction of sp³-hybridized carbons (Fsp3) is 0.526. The second-order valence-corrected chi connectivity index (χ2v) is 6.35. The van der Waals surface area contributed by atoms with E-state index in [4.69, 9.17) is 0 Å². The van der Waals surface area contributed by atoms with Gasteiger partial charge >= 0.3 is 0 Å². The van der Waals surface area contributed by atoms with Crippen molar-refractivity contribution in [1.29, 1.82) is 0 Å². The number of hydrogen-bond donors (Lipinski definition) is 1. The molecule has 1 aromatic heterocycles. The maximum absolute atomic E-state index is 13.9. The summed E-state index contributed by atoms with van der Waals surface area (Å²) in [4.78, 5) is 14.8. The van der Waals surface area contributed by atoms with Crippen molar-refractivity contribution in [2.75, 3.05) is 19.7 Å². The van der Waals surface area contributed by atoms with Gasteiger partial charge in [-0.3, -0.25) is 4.79 Å². The number of likely N-dealkylation sites (N-methyl/N-ethyl adjacent to an activating group) is 1. The molecule has 1 amide bonds. The summed E-state index contributed by atoms with van der Waals surface area (Å²) in [5.41, 5.74) is 2.97. The zero-order chi connectivity index (χ0) is 17.3. The molecule has 1 atom stereocenters. The number of fused-ring (bicyclic) bond motifs is 3. The van der Waals surface area contributed by atoms with Gasteiger partial charge in [0, 0.05) is 36.2 Å². The highest BCUT2D eigenvalue weighted by Crippen LogP contribution is 2.40. The van der Waals surface area contributed by atoms with Crippen LogP contribution in [0.5, 0.6) is 0 Å². The Morgan fingerprint density at radius 3 is 2.79 bits per heavy atom. The van der Waals surface area contributed by atoms with E-state index >= 15 is 0 Å². The highest BCUT2D eigenvalue weighted by Gasteiger charge is 2.33. The van der Waals surface area contributed by atoms with Crippen LogP contribution in [-0.4, -0.2) is 40.2 Å². The van der Waals surface area contributed by atoms with Crippen molar-refractivity contribution in [2.24, 2.45) is 0 Å². The third-order valence-corrected chi connectivity index (χ3v) is 5.13. The third kappa shape index (κ3) is 2.71. The maximum atomic E-state index is 13.9. The Labute approximate surface area is 141 Å².